The Kier molecular flexibility index (Phi) is 8.10. The minimum Gasteiger partial charge on any atom is -0.493 e. The molecule has 0 bridgehead atoms. The van der Waals surface area contributed by atoms with Crippen LogP contribution in [0, 0.1) is 11.3 Å². The molecule has 0 aromatic heterocycles. The van der Waals surface area contributed by atoms with Gasteiger partial charge in [-0.3, -0.25) is 9.71 Å². The normalized spacial score (nSPS) is 15.3. The quantitative estimate of drug-likeness (QED) is 0.388. The number of anilines is 1. The first-order valence-electron chi connectivity index (χ1n) is 11.0. The minimum absolute atomic E-state index is 0.0135. The Hall–Kier alpha value is -2.66. The molecule has 3 N–H and O–H groups in total. The zero-order valence-corrected chi connectivity index (χ0v) is 20.9. The summed E-state index contributed by atoms with van der Waals surface area (Å²) in [5.74, 6) is -0.0270. The summed E-state index contributed by atoms with van der Waals surface area (Å²) in [4.78, 5) is 1.52. The Bertz CT molecular complexity index is 1170. The van der Waals surface area contributed by atoms with Gasteiger partial charge in [-0.15, -0.1) is 0 Å². The van der Waals surface area contributed by atoms with Gasteiger partial charge < -0.3 is 15.4 Å². The summed E-state index contributed by atoms with van der Waals surface area (Å²) in [5, 5.41) is 7.47. The molecule has 1 aliphatic rings. The lowest BCUT2D eigenvalue weighted by molar-refractivity contribution is -0.137. The Balaban J connectivity index is 1.94. The van der Waals surface area contributed by atoms with Crippen LogP contribution in [0.1, 0.15) is 32.3 Å². The first-order valence-corrected chi connectivity index (χ1v) is 12.9. The molecule has 0 amide bonds. The van der Waals surface area contributed by atoms with Crippen LogP contribution >= 0.6 is 11.6 Å². The number of nitrogens with two attached hydrogens (primary N) is 1. The zero-order valence-electron chi connectivity index (χ0n) is 19.3. The van der Waals surface area contributed by atoms with E-state index in [1.807, 2.05) is 0 Å². The molecule has 7 nitrogen and oxygen atoms in total. The number of ether oxygens (including phenoxy) is 1. The van der Waals surface area contributed by atoms with Crippen LogP contribution in [0.5, 0.6) is 5.75 Å². The van der Waals surface area contributed by atoms with Crippen LogP contribution in [0.4, 0.5) is 18.9 Å². The molecule has 35 heavy (non-hydrogen) atoms. The van der Waals surface area contributed by atoms with Gasteiger partial charge in [0.1, 0.15) is 10.6 Å². The number of hydrogen-bond donors (Lipinski definition) is 2. The summed E-state index contributed by atoms with van der Waals surface area (Å²) in [5.41, 5.74) is 4.31. The number of likely N-dealkylation sites (tertiary alicyclic amines) is 1. The SMILES string of the molecule is CC(C)N(c1cc(OCC2CCN(C(=N)N)CC2)cc(C(F)(F)F)c1)S(=O)(=O)c1ccccc1Cl. The molecule has 192 valence electrons. The fraction of sp³-hybridized carbons (Fsp3) is 0.435. The molecule has 0 saturated carbocycles. The number of halogens is 4. The van der Waals surface area contributed by atoms with Crippen LogP contribution < -0.4 is 14.8 Å². The van der Waals surface area contributed by atoms with E-state index < -0.39 is 27.8 Å². The van der Waals surface area contributed by atoms with Crippen LogP contribution in [0.15, 0.2) is 47.4 Å². The van der Waals surface area contributed by atoms with Crippen molar-refractivity contribution in [3.63, 3.8) is 0 Å². The van der Waals surface area contributed by atoms with E-state index in [2.05, 4.69) is 0 Å². The first kappa shape index (κ1) is 26.9. The molecular formula is C23H28ClF3N4O3S. The van der Waals surface area contributed by atoms with E-state index in [1.54, 1.807) is 24.8 Å². The molecule has 1 heterocycles. The standard InChI is InChI=1S/C23H28ClF3N4O3S/c1-15(2)31(35(32,33)21-6-4-3-5-20(21)24)18-11-17(23(25,26)27)12-19(13-18)34-14-16-7-9-30(10-8-16)22(28)29/h3-6,11-13,15-16H,7-10,14H2,1-2H3,(H3,28,29). The van der Waals surface area contributed by atoms with Gasteiger partial charge in [0, 0.05) is 25.2 Å². The second kappa shape index (κ2) is 10.5. The summed E-state index contributed by atoms with van der Waals surface area (Å²) < 4.78 is 74.7. The van der Waals surface area contributed by atoms with Gasteiger partial charge in [-0.05, 0) is 56.9 Å². The molecule has 12 heteroatoms. The molecule has 0 unspecified atom stereocenters. The number of rotatable bonds is 7. The van der Waals surface area contributed by atoms with Gasteiger partial charge >= 0.3 is 6.18 Å². The lowest BCUT2D eigenvalue weighted by Crippen LogP contribution is -2.43. The van der Waals surface area contributed by atoms with Crippen LogP contribution in [0.3, 0.4) is 0 Å². The fourth-order valence-electron chi connectivity index (χ4n) is 3.99. The second-order valence-corrected chi connectivity index (χ2v) is 10.9. The maximum atomic E-state index is 13.7. The Morgan fingerprint density at radius 3 is 2.40 bits per heavy atom. The maximum Gasteiger partial charge on any atom is 0.416 e. The van der Waals surface area contributed by atoms with Crippen molar-refractivity contribution in [1.29, 1.82) is 5.41 Å². The van der Waals surface area contributed by atoms with Gasteiger partial charge in [-0.2, -0.15) is 13.2 Å². The van der Waals surface area contributed by atoms with Crippen molar-refractivity contribution in [2.45, 2.75) is 43.8 Å². The topological polar surface area (TPSA) is 99.7 Å². The maximum absolute atomic E-state index is 13.7. The smallest absolute Gasteiger partial charge is 0.416 e. The summed E-state index contributed by atoms with van der Waals surface area (Å²) in [7, 11) is -4.27. The number of guanidine groups is 1. The molecule has 2 aromatic rings. The van der Waals surface area contributed by atoms with E-state index in [0.717, 1.165) is 16.4 Å². The summed E-state index contributed by atoms with van der Waals surface area (Å²) in [6.07, 6.45) is -3.37. The molecule has 1 fully saturated rings. The van der Waals surface area contributed by atoms with Gasteiger partial charge in [0.2, 0.25) is 0 Å². The molecule has 1 saturated heterocycles. The molecule has 0 aliphatic carbocycles. The summed E-state index contributed by atoms with van der Waals surface area (Å²) in [6, 6.07) is 8.04. The number of sulfonamides is 1. The van der Waals surface area contributed by atoms with Gasteiger partial charge in [0.15, 0.2) is 5.96 Å². The van der Waals surface area contributed by atoms with Gasteiger partial charge in [-0.1, -0.05) is 23.7 Å². The van der Waals surface area contributed by atoms with Crippen molar-refractivity contribution in [2.75, 3.05) is 24.0 Å². The van der Waals surface area contributed by atoms with Gasteiger partial charge in [0.05, 0.1) is 22.9 Å². The van der Waals surface area contributed by atoms with Crippen LogP contribution in [0.25, 0.3) is 0 Å². The monoisotopic (exact) mass is 532 g/mol. The third-order valence-electron chi connectivity index (χ3n) is 5.76. The molecule has 0 radical (unpaired) electrons. The molecule has 3 rings (SSSR count). The van der Waals surface area contributed by atoms with Crippen molar-refractivity contribution in [3.8, 4) is 5.75 Å². The number of piperidine rings is 1. The second-order valence-electron chi connectivity index (χ2n) is 8.67. The third-order valence-corrected chi connectivity index (χ3v) is 8.26. The highest BCUT2D eigenvalue weighted by atomic mass is 35.5. The zero-order chi connectivity index (χ0) is 26.0. The molecule has 2 aromatic carbocycles. The Morgan fingerprint density at radius 2 is 1.86 bits per heavy atom. The van der Waals surface area contributed by atoms with Crippen LogP contribution in [-0.2, 0) is 16.2 Å². The number of hydrogen-bond acceptors (Lipinski definition) is 4. The molecule has 0 spiro atoms. The highest BCUT2D eigenvalue weighted by molar-refractivity contribution is 7.93. The highest BCUT2D eigenvalue weighted by Gasteiger charge is 2.35. The van der Waals surface area contributed by atoms with E-state index in [0.29, 0.717) is 25.9 Å². The first-order chi connectivity index (χ1) is 16.3. The fourth-order valence-corrected chi connectivity index (χ4v) is 6.13. The summed E-state index contributed by atoms with van der Waals surface area (Å²) >= 11 is 6.11. The van der Waals surface area contributed by atoms with Crippen molar-refractivity contribution in [2.24, 2.45) is 11.7 Å². The predicted octanol–water partition coefficient (Wildman–Crippen LogP) is 4.95. The third kappa shape index (κ3) is 6.32. The van der Waals surface area contributed by atoms with E-state index in [1.165, 1.54) is 24.3 Å². The number of alkyl halides is 3. The highest BCUT2D eigenvalue weighted by Crippen LogP contribution is 2.38. The van der Waals surface area contributed by atoms with E-state index in [9.17, 15) is 21.6 Å². The predicted molar refractivity (Wildman–Crippen MR) is 129 cm³/mol. The van der Waals surface area contributed by atoms with E-state index in [-0.39, 0.29) is 39.8 Å². The average Bonchev–Trinajstić information content (AvgIpc) is 2.77. The number of nitrogens with zero attached hydrogens (tertiary/aromatic N) is 2. The minimum atomic E-state index is -4.71. The van der Waals surface area contributed by atoms with Gasteiger partial charge in [0.25, 0.3) is 10.0 Å². The van der Waals surface area contributed by atoms with Crippen molar-refractivity contribution in [3.05, 3.63) is 53.1 Å². The molecule has 0 atom stereocenters. The average molecular weight is 533 g/mol. The summed E-state index contributed by atoms with van der Waals surface area (Å²) in [6.45, 7) is 4.42. The number of benzene rings is 2. The van der Waals surface area contributed by atoms with Crippen molar-refractivity contribution < 1.29 is 26.3 Å². The lowest BCUT2D eigenvalue weighted by atomic mass is 9.98. The Morgan fingerprint density at radius 1 is 1.23 bits per heavy atom. The van der Waals surface area contributed by atoms with Crippen molar-refractivity contribution >= 4 is 33.3 Å². The van der Waals surface area contributed by atoms with Crippen LogP contribution in [-0.4, -0.2) is 45.0 Å². The van der Waals surface area contributed by atoms with Crippen molar-refractivity contribution in [1.82, 2.24) is 4.90 Å². The molecule has 1 aliphatic heterocycles. The molecular weight excluding hydrogens is 505 g/mol. The largest absolute Gasteiger partial charge is 0.493 e. The Labute approximate surface area is 208 Å². The van der Waals surface area contributed by atoms with E-state index in [4.69, 9.17) is 27.5 Å². The lowest BCUT2D eigenvalue weighted by Gasteiger charge is -2.32. The van der Waals surface area contributed by atoms with E-state index >= 15 is 0 Å². The number of nitrogens with one attached hydrogen (secondary N) is 1. The van der Waals surface area contributed by atoms with Crippen LogP contribution in [0.2, 0.25) is 5.02 Å². The van der Waals surface area contributed by atoms with Gasteiger partial charge in [-0.25, -0.2) is 8.42 Å².